The normalized spacial score (nSPS) is 17.3. The molecule has 1 atom stereocenters. The van der Waals surface area contributed by atoms with Crippen molar-refractivity contribution in [1.29, 1.82) is 0 Å². The summed E-state index contributed by atoms with van der Waals surface area (Å²) in [5.74, 6) is 1.28. The highest BCUT2D eigenvalue weighted by atomic mass is 16.5. The van der Waals surface area contributed by atoms with Crippen LogP contribution in [0.2, 0.25) is 0 Å². The number of rotatable bonds is 5. The fraction of sp³-hybridized carbons (Fsp3) is 0.714. The van der Waals surface area contributed by atoms with Crippen LogP contribution in [0.1, 0.15) is 40.0 Å². The predicted molar refractivity (Wildman–Crippen MR) is 63.8 cm³/mol. The Hall–Kier alpha value is -0.740. The van der Waals surface area contributed by atoms with E-state index >= 15 is 0 Å². The van der Waals surface area contributed by atoms with Crippen LogP contribution in [0, 0.1) is 11.8 Å². The second-order valence-corrected chi connectivity index (χ2v) is 4.75. The molecule has 0 aromatic rings. The van der Waals surface area contributed by atoms with Crippen molar-refractivity contribution in [2.24, 2.45) is 11.8 Å². The zero-order valence-electron chi connectivity index (χ0n) is 10.2. The van der Waals surface area contributed by atoms with Gasteiger partial charge in [0.1, 0.15) is 0 Å². The van der Waals surface area contributed by atoms with Crippen LogP contribution in [-0.4, -0.2) is 13.2 Å². The van der Waals surface area contributed by atoms with Crippen molar-refractivity contribution in [2.45, 2.75) is 40.0 Å². The molecule has 1 saturated carbocycles. The number of ether oxygens (including phenoxy) is 1. The molecule has 1 rings (SSSR count). The maximum Gasteiger partial charge on any atom is 0.0532 e. The quantitative estimate of drug-likeness (QED) is 0.623. The number of hydrogen-bond donors (Lipinski definition) is 0. The van der Waals surface area contributed by atoms with Gasteiger partial charge in [-0.25, -0.2) is 0 Å². The Morgan fingerprint density at radius 2 is 2.20 bits per heavy atom. The highest BCUT2D eigenvalue weighted by Crippen LogP contribution is 2.26. The van der Waals surface area contributed by atoms with Gasteiger partial charge in [0.15, 0.2) is 0 Å². The van der Waals surface area contributed by atoms with E-state index in [0.29, 0.717) is 5.92 Å². The van der Waals surface area contributed by atoms with Gasteiger partial charge in [0, 0.05) is 12.5 Å². The maximum atomic E-state index is 5.65. The molecular weight excluding hydrogens is 184 g/mol. The summed E-state index contributed by atoms with van der Waals surface area (Å²) in [4.78, 5) is 0. The highest BCUT2D eigenvalue weighted by Gasteiger charge is 2.17. The van der Waals surface area contributed by atoms with Gasteiger partial charge < -0.3 is 4.74 Å². The molecule has 0 spiro atoms. The van der Waals surface area contributed by atoms with E-state index in [0.717, 1.165) is 24.7 Å². The van der Waals surface area contributed by atoms with Crippen LogP contribution in [-0.2, 0) is 4.74 Å². The van der Waals surface area contributed by atoms with E-state index in [4.69, 9.17) is 4.74 Å². The topological polar surface area (TPSA) is 9.23 Å². The molecule has 0 aromatic carbocycles. The Morgan fingerprint density at radius 3 is 2.73 bits per heavy atom. The molecule has 1 nitrogen and oxygen atoms in total. The second kappa shape index (κ2) is 6.69. The summed E-state index contributed by atoms with van der Waals surface area (Å²) in [6.07, 6.45) is 6.16. The minimum atomic E-state index is 0.442. The van der Waals surface area contributed by atoms with E-state index in [1.54, 1.807) is 0 Å². The summed E-state index contributed by atoms with van der Waals surface area (Å²) in [5, 5.41) is 0. The van der Waals surface area contributed by atoms with Crippen LogP contribution in [0.3, 0.4) is 0 Å². The number of allylic oxidation sites excluding steroid dienone is 1. The van der Waals surface area contributed by atoms with E-state index in [1.807, 2.05) is 19.9 Å². The summed E-state index contributed by atoms with van der Waals surface area (Å²) >= 11 is 0. The molecule has 0 N–H and O–H groups in total. The van der Waals surface area contributed by atoms with Crippen LogP contribution in [0.5, 0.6) is 0 Å². The van der Waals surface area contributed by atoms with E-state index in [2.05, 4.69) is 18.4 Å². The Labute approximate surface area is 93.5 Å². The summed E-state index contributed by atoms with van der Waals surface area (Å²) in [7, 11) is 0. The molecule has 1 heteroatoms. The third-order valence-corrected chi connectivity index (χ3v) is 2.65. The lowest BCUT2D eigenvalue weighted by atomic mass is 9.86. The summed E-state index contributed by atoms with van der Waals surface area (Å²) in [5.41, 5.74) is 7.27. The largest absolute Gasteiger partial charge is 0.381 e. The third kappa shape index (κ3) is 5.64. The van der Waals surface area contributed by atoms with E-state index in [-0.39, 0.29) is 0 Å². The van der Waals surface area contributed by atoms with Crippen molar-refractivity contribution in [2.75, 3.05) is 13.2 Å². The van der Waals surface area contributed by atoms with E-state index in [9.17, 15) is 0 Å². The molecule has 0 aromatic heterocycles. The second-order valence-electron chi connectivity index (χ2n) is 4.75. The average Bonchev–Trinajstić information content (AvgIpc) is 2.08. The maximum absolute atomic E-state index is 5.65. The molecule has 0 aliphatic heterocycles. The lowest BCUT2D eigenvalue weighted by Gasteiger charge is -2.25. The van der Waals surface area contributed by atoms with Crippen molar-refractivity contribution >= 4 is 0 Å². The SMILES string of the molecule is CC(C)=C=C=CC(C)COCC1CCC1. The number of hydrogen-bond acceptors (Lipinski definition) is 1. The Bertz CT molecular complexity index is 270. The zero-order chi connectivity index (χ0) is 11.1. The molecule has 0 heterocycles. The molecule has 84 valence electrons. The summed E-state index contributed by atoms with van der Waals surface area (Å²) in [6.45, 7) is 7.97. The minimum Gasteiger partial charge on any atom is -0.381 e. The van der Waals surface area contributed by atoms with E-state index < -0.39 is 0 Å². The van der Waals surface area contributed by atoms with Crippen LogP contribution in [0.15, 0.2) is 23.1 Å². The molecule has 15 heavy (non-hydrogen) atoms. The van der Waals surface area contributed by atoms with Gasteiger partial charge in [0.2, 0.25) is 0 Å². The van der Waals surface area contributed by atoms with E-state index in [1.165, 1.54) is 19.3 Å². The molecule has 1 fully saturated rings. The molecular formula is C14H22O. The zero-order valence-corrected chi connectivity index (χ0v) is 10.2. The third-order valence-electron chi connectivity index (χ3n) is 2.65. The highest BCUT2D eigenvalue weighted by molar-refractivity contribution is 4.95. The Balaban J connectivity index is 2.15. The van der Waals surface area contributed by atoms with Crippen molar-refractivity contribution in [3.63, 3.8) is 0 Å². The van der Waals surface area contributed by atoms with Crippen molar-refractivity contribution < 1.29 is 4.74 Å². The van der Waals surface area contributed by atoms with Gasteiger partial charge in [-0.2, -0.15) is 0 Å². The summed E-state index contributed by atoms with van der Waals surface area (Å²) in [6, 6.07) is 0. The molecule has 0 radical (unpaired) electrons. The van der Waals surface area contributed by atoms with Gasteiger partial charge in [0.05, 0.1) is 6.61 Å². The first-order chi connectivity index (χ1) is 7.18. The van der Waals surface area contributed by atoms with Gasteiger partial charge in [-0.15, -0.1) is 0 Å². The van der Waals surface area contributed by atoms with Crippen molar-refractivity contribution in [3.8, 4) is 0 Å². The monoisotopic (exact) mass is 206 g/mol. The fourth-order valence-corrected chi connectivity index (χ4v) is 1.46. The van der Waals surface area contributed by atoms with Crippen LogP contribution in [0.4, 0.5) is 0 Å². The van der Waals surface area contributed by atoms with Crippen LogP contribution in [0.25, 0.3) is 0 Å². The lowest BCUT2D eigenvalue weighted by Crippen LogP contribution is -2.19. The van der Waals surface area contributed by atoms with Crippen LogP contribution >= 0.6 is 0 Å². The van der Waals surface area contributed by atoms with Gasteiger partial charge in [0.25, 0.3) is 0 Å². The predicted octanol–water partition coefficient (Wildman–Crippen LogP) is 3.72. The van der Waals surface area contributed by atoms with Gasteiger partial charge >= 0.3 is 0 Å². The first-order valence-corrected chi connectivity index (χ1v) is 5.91. The fourth-order valence-electron chi connectivity index (χ4n) is 1.46. The first-order valence-electron chi connectivity index (χ1n) is 5.91. The van der Waals surface area contributed by atoms with Gasteiger partial charge in [-0.1, -0.05) is 24.8 Å². The summed E-state index contributed by atoms with van der Waals surface area (Å²) < 4.78 is 5.65. The molecule has 1 aliphatic rings. The van der Waals surface area contributed by atoms with Crippen molar-refractivity contribution in [3.05, 3.63) is 23.1 Å². The molecule has 1 unspecified atom stereocenters. The molecule has 0 bridgehead atoms. The van der Waals surface area contributed by atoms with Gasteiger partial charge in [-0.05, 0) is 44.3 Å². The standard InChI is InChI=1S/C14H22O/c1-12(2)6-4-7-13(3)10-15-11-14-8-5-9-14/h7,13-14H,5,8-11H2,1-3H3. The molecule has 0 amide bonds. The average molecular weight is 206 g/mol. The molecule has 1 aliphatic carbocycles. The first kappa shape index (κ1) is 12.3. The Kier molecular flexibility index (Phi) is 5.50. The lowest BCUT2D eigenvalue weighted by molar-refractivity contribution is 0.0591. The minimum absolute atomic E-state index is 0.442. The van der Waals surface area contributed by atoms with Crippen LogP contribution < -0.4 is 0 Å². The molecule has 0 saturated heterocycles. The van der Waals surface area contributed by atoms with Crippen molar-refractivity contribution in [1.82, 2.24) is 0 Å². The van der Waals surface area contributed by atoms with Gasteiger partial charge in [-0.3, -0.25) is 0 Å². The Morgan fingerprint density at radius 1 is 1.47 bits per heavy atom. The smallest absolute Gasteiger partial charge is 0.0532 e.